The second kappa shape index (κ2) is 9.57. The van der Waals surface area contributed by atoms with Crippen molar-refractivity contribution in [1.82, 2.24) is 29.4 Å². The van der Waals surface area contributed by atoms with Crippen LogP contribution in [0, 0.1) is 13.8 Å². The van der Waals surface area contributed by atoms with Gasteiger partial charge in [-0.25, -0.2) is 9.50 Å². The number of morpholine rings is 1. The molecule has 0 radical (unpaired) electrons. The van der Waals surface area contributed by atoms with Crippen molar-refractivity contribution in [3.8, 4) is 0 Å². The molecule has 0 spiro atoms. The van der Waals surface area contributed by atoms with Crippen LogP contribution in [-0.4, -0.2) is 74.7 Å². The van der Waals surface area contributed by atoms with Gasteiger partial charge in [0.05, 0.1) is 18.9 Å². The largest absolute Gasteiger partial charge is 0.378 e. The molecule has 0 N–H and O–H groups in total. The number of ether oxygens (including phenoxy) is 1. The summed E-state index contributed by atoms with van der Waals surface area (Å²) < 4.78 is 7.33. The number of fused-ring (bicyclic) bond motifs is 1. The summed E-state index contributed by atoms with van der Waals surface area (Å²) >= 11 is 0. The normalized spacial score (nSPS) is 19.5. The fourth-order valence-electron chi connectivity index (χ4n) is 5.07. The summed E-state index contributed by atoms with van der Waals surface area (Å²) in [5, 5.41) is 4.96. The molecule has 0 aromatic carbocycles. The average molecular weight is 449 g/mol. The molecule has 0 unspecified atom stereocenters. The molecular weight excluding hydrogens is 416 g/mol. The van der Waals surface area contributed by atoms with Crippen molar-refractivity contribution in [3.63, 3.8) is 0 Å². The van der Waals surface area contributed by atoms with Crippen LogP contribution in [0.3, 0.4) is 0 Å². The highest BCUT2D eigenvalue weighted by Crippen LogP contribution is 2.29. The minimum Gasteiger partial charge on any atom is -0.378 e. The van der Waals surface area contributed by atoms with E-state index in [1.54, 1.807) is 0 Å². The molecule has 2 saturated heterocycles. The Morgan fingerprint density at radius 1 is 1.15 bits per heavy atom. The number of hydrogen-bond acceptors (Lipinski definition) is 6. The molecule has 0 bridgehead atoms. The molecule has 33 heavy (non-hydrogen) atoms. The molecule has 0 saturated carbocycles. The highest BCUT2D eigenvalue weighted by molar-refractivity contribution is 5.76. The highest BCUT2D eigenvalue weighted by atomic mass is 16.5. The fourth-order valence-corrected chi connectivity index (χ4v) is 5.07. The van der Waals surface area contributed by atoms with Crippen LogP contribution in [0.4, 0.5) is 0 Å². The van der Waals surface area contributed by atoms with Crippen LogP contribution in [-0.2, 0) is 22.5 Å². The molecular formula is C25H32N6O2. The third-order valence-electron chi connectivity index (χ3n) is 6.98. The van der Waals surface area contributed by atoms with Crippen molar-refractivity contribution in [1.29, 1.82) is 0 Å². The Bertz CT molecular complexity index is 1120. The zero-order chi connectivity index (χ0) is 22.8. The minimum absolute atomic E-state index is 0.193. The van der Waals surface area contributed by atoms with Gasteiger partial charge in [0.15, 0.2) is 5.65 Å². The molecule has 3 aromatic rings. The summed E-state index contributed by atoms with van der Waals surface area (Å²) in [5.41, 5.74) is 6.52. The van der Waals surface area contributed by atoms with Gasteiger partial charge in [0.1, 0.15) is 0 Å². The SMILES string of the molecule is Cc1nc2cc([C@@H]3CCN(Cc4ccncc4)C3)nn2c(C)c1CCC(=O)N1CCOCC1. The second-order valence-corrected chi connectivity index (χ2v) is 9.17. The first kappa shape index (κ1) is 22.0. The molecule has 2 fully saturated rings. The van der Waals surface area contributed by atoms with E-state index in [2.05, 4.69) is 35.0 Å². The minimum atomic E-state index is 0.193. The van der Waals surface area contributed by atoms with Crippen LogP contribution in [0.5, 0.6) is 0 Å². The maximum Gasteiger partial charge on any atom is 0.223 e. The number of amides is 1. The first-order valence-corrected chi connectivity index (χ1v) is 11.9. The molecule has 8 nitrogen and oxygen atoms in total. The van der Waals surface area contributed by atoms with Gasteiger partial charge in [0, 0.05) is 68.4 Å². The van der Waals surface area contributed by atoms with Gasteiger partial charge in [0.2, 0.25) is 5.91 Å². The lowest BCUT2D eigenvalue weighted by Crippen LogP contribution is -2.40. The lowest BCUT2D eigenvalue weighted by atomic mass is 10.1. The molecule has 1 atom stereocenters. The van der Waals surface area contributed by atoms with E-state index < -0.39 is 0 Å². The smallest absolute Gasteiger partial charge is 0.223 e. The van der Waals surface area contributed by atoms with E-state index in [0.29, 0.717) is 45.1 Å². The summed E-state index contributed by atoms with van der Waals surface area (Å²) in [7, 11) is 0. The van der Waals surface area contributed by atoms with Gasteiger partial charge >= 0.3 is 0 Å². The number of aryl methyl sites for hydroxylation is 2. The summed E-state index contributed by atoms with van der Waals surface area (Å²) in [6.07, 6.45) is 6.00. The molecule has 5 rings (SSSR count). The number of hydrogen-bond donors (Lipinski definition) is 0. The van der Waals surface area contributed by atoms with Gasteiger partial charge in [-0.15, -0.1) is 0 Å². The predicted octanol–water partition coefficient (Wildman–Crippen LogP) is 2.52. The van der Waals surface area contributed by atoms with Crippen LogP contribution in [0.15, 0.2) is 30.6 Å². The molecule has 2 aliphatic rings. The Morgan fingerprint density at radius 2 is 1.94 bits per heavy atom. The maximum absolute atomic E-state index is 12.6. The van der Waals surface area contributed by atoms with Gasteiger partial charge in [-0.2, -0.15) is 5.10 Å². The van der Waals surface area contributed by atoms with E-state index in [1.165, 1.54) is 5.56 Å². The number of rotatable bonds is 6. The third kappa shape index (κ3) is 4.77. The molecule has 5 heterocycles. The monoisotopic (exact) mass is 448 g/mol. The first-order chi connectivity index (χ1) is 16.1. The number of pyridine rings is 1. The molecule has 8 heteroatoms. The summed E-state index contributed by atoms with van der Waals surface area (Å²) in [6, 6.07) is 6.31. The standard InChI is InChI=1S/C25H32N6O2/c1-18-22(3-4-25(32)30-11-13-33-14-12-30)19(2)31-24(27-18)15-23(28-31)21-7-10-29(17-21)16-20-5-8-26-9-6-20/h5-6,8-9,15,21H,3-4,7,10-14,16-17H2,1-2H3/t21-/m1/s1. The van der Waals surface area contributed by atoms with Crippen molar-refractivity contribution in [2.45, 2.75) is 45.6 Å². The fraction of sp³-hybridized carbons (Fsp3) is 0.520. The van der Waals surface area contributed by atoms with E-state index in [9.17, 15) is 4.79 Å². The maximum atomic E-state index is 12.6. The molecule has 0 aliphatic carbocycles. The number of carbonyl (C=O) groups excluding carboxylic acids is 1. The van der Waals surface area contributed by atoms with Crippen LogP contribution in [0.25, 0.3) is 5.65 Å². The Kier molecular flexibility index (Phi) is 6.37. The van der Waals surface area contributed by atoms with Crippen molar-refractivity contribution in [2.75, 3.05) is 39.4 Å². The zero-order valence-corrected chi connectivity index (χ0v) is 19.5. The molecule has 1 amide bonds. The van der Waals surface area contributed by atoms with E-state index in [4.69, 9.17) is 14.8 Å². The summed E-state index contributed by atoms with van der Waals surface area (Å²) in [5.74, 6) is 0.609. The quantitative estimate of drug-likeness (QED) is 0.577. The topological polar surface area (TPSA) is 75.9 Å². The molecule has 2 aliphatic heterocycles. The Hall–Kier alpha value is -2.84. The van der Waals surface area contributed by atoms with Gasteiger partial charge in [-0.3, -0.25) is 14.7 Å². The zero-order valence-electron chi connectivity index (χ0n) is 19.5. The van der Waals surface area contributed by atoms with Crippen LogP contribution >= 0.6 is 0 Å². The lowest BCUT2D eigenvalue weighted by molar-refractivity contribution is -0.135. The number of aromatic nitrogens is 4. The lowest BCUT2D eigenvalue weighted by Gasteiger charge is -2.27. The van der Waals surface area contributed by atoms with Crippen molar-refractivity contribution in [3.05, 3.63) is 58.8 Å². The van der Waals surface area contributed by atoms with Gasteiger partial charge in [-0.1, -0.05) is 0 Å². The van der Waals surface area contributed by atoms with Crippen molar-refractivity contribution < 1.29 is 9.53 Å². The van der Waals surface area contributed by atoms with Gasteiger partial charge in [0.25, 0.3) is 0 Å². The van der Waals surface area contributed by atoms with Gasteiger partial charge in [-0.05, 0) is 56.5 Å². The van der Waals surface area contributed by atoms with Crippen LogP contribution in [0.1, 0.15) is 47.0 Å². The Labute approximate surface area is 194 Å². The number of nitrogens with zero attached hydrogens (tertiary/aromatic N) is 6. The number of carbonyl (C=O) groups is 1. The third-order valence-corrected chi connectivity index (χ3v) is 6.98. The van der Waals surface area contributed by atoms with E-state index in [1.807, 2.05) is 28.7 Å². The molecule has 3 aromatic heterocycles. The van der Waals surface area contributed by atoms with Crippen molar-refractivity contribution in [2.24, 2.45) is 0 Å². The average Bonchev–Trinajstić information content (AvgIpc) is 3.47. The van der Waals surface area contributed by atoms with Crippen LogP contribution in [0.2, 0.25) is 0 Å². The highest BCUT2D eigenvalue weighted by Gasteiger charge is 2.27. The van der Waals surface area contributed by atoms with Crippen LogP contribution < -0.4 is 0 Å². The summed E-state index contributed by atoms with van der Waals surface area (Å²) in [4.78, 5) is 26.0. The summed E-state index contributed by atoms with van der Waals surface area (Å²) in [6.45, 7) is 9.81. The van der Waals surface area contributed by atoms with Crippen molar-refractivity contribution >= 4 is 11.6 Å². The number of likely N-dealkylation sites (tertiary alicyclic amines) is 1. The molecule has 174 valence electrons. The Morgan fingerprint density at radius 3 is 2.73 bits per heavy atom. The predicted molar refractivity (Wildman–Crippen MR) is 125 cm³/mol. The first-order valence-electron chi connectivity index (χ1n) is 11.9. The van der Waals surface area contributed by atoms with Gasteiger partial charge < -0.3 is 9.64 Å². The van der Waals surface area contributed by atoms with E-state index in [-0.39, 0.29) is 5.91 Å². The Balaban J connectivity index is 1.28. The van der Waals surface area contributed by atoms with E-state index >= 15 is 0 Å². The second-order valence-electron chi connectivity index (χ2n) is 9.17. The van der Waals surface area contributed by atoms with E-state index in [0.717, 1.165) is 54.3 Å².